The molecule has 0 aliphatic carbocycles. The van der Waals surface area contributed by atoms with E-state index in [0.29, 0.717) is 0 Å². The lowest BCUT2D eigenvalue weighted by molar-refractivity contribution is 0.222. The maximum Gasteiger partial charge on any atom is 0.321 e. The van der Waals surface area contributed by atoms with Gasteiger partial charge < -0.3 is 10.2 Å². The molecular formula is C15H17BrN4O. The number of likely N-dealkylation sites (tertiary alicyclic amines) is 1. The fourth-order valence-electron chi connectivity index (χ4n) is 2.49. The fraction of sp³-hybridized carbons (Fsp3) is 0.333. The molecular weight excluding hydrogens is 332 g/mol. The summed E-state index contributed by atoms with van der Waals surface area (Å²) in [5.41, 5.74) is 2.72. The van der Waals surface area contributed by atoms with Crippen LogP contribution in [0.1, 0.15) is 12.8 Å². The smallest absolute Gasteiger partial charge is 0.321 e. The number of aromatic nitrogens is 2. The molecule has 0 radical (unpaired) electrons. The summed E-state index contributed by atoms with van der Waals surface area (Å²) < 4.78 is 2.72. The van der Waals surface area contributed by atoms with Gasteiger partial charge in [0.05, 0.1) is 4.47 Å². The van der Waals surface area contributed by atoms with E-state index < -0.39 is 0 Å². The summed E-state index contributed by atoms with van der Waals surface area (Å²) in [5.74, 6) is 0. The van der Waals surface area contributed by atoms with Crippen LogP contribution in [0.4, 0.5) is 10.5 Å². The topological polar surface area (TPSA) is 50.2 Å². The van der Waals surface area contributed by atoms with Crippen LogP contribution in [0.15, 0.2) is 34.9 Å². The number of urea groups is 1. The van der Waals surface area contributed by atoms with Crippen molar-refractivity contribution in [3.05, 3.63) is 34.9 Å². The molecule has 5 nitrogen and oxygen atoms in total. The number of carbonyl (C=O) groups is 1. The quantitative estimate of drug-likeness (QED) is 0.903. The summed E-state index contributed by atoms with van der Waals surface area (Å²) in [7, 11) is 1.89. The minimum atomic E-state index is -0.0146. The third-order valence-corrected chi connectivity index (χ3v) is 4.17. The van der Waals surface area contributed by atoms with Crippen molar-refractivity contribution in [1.82, 2.24) is 14.7 Å². The zero-order chi connectivity index (χ0) is 14.8. The summed E-state index contributed by atoms with van der Waals surface area (Å²) in [5, 5.41) is 7.34. The summed E-state index contributed by atoms with van der Waals surface area (Å²) in [6, 6.07) is 7.73. The number of nitrogens with zero attached hydrogens (tertiary/aromatic N) is 3. The molecule has 3 rings (SSSR count). The minimum absolute atomic E-state index is 0.0146. The van der Waals surface area contributed by atoms with E-state index in [1.807, 2.05) is 42.4 Å². The van der Waals surface area contributed by atoms with Crippen LogP contribution in [0.5, 0.6) is 0 Å². The maximum atomic E-state index is 12.0. The minimum Gasteiger partial charge on any atom is -0.325 e. The molecule has 21 heavy (non-hydrogen) atoms. The Morgan fingerprint density at radius 1 is 1.24 bits per heavy atom. The first-order chi connectivity index (χ1) is 10.1. The predicted molar refractivity (Wildman–Crippen MR) is 86.2 cm³/mol. The molecule has 2 amide bonds. The standard InChI is InChI=1S/C15H17BrN4O/c1-19-10-13(16)14(18-19)11-4-6-12(7-5-11)17-15(21)20-8-2-3-9-20/h4-7,10H,2-3,8-9H2,1H3,(H,17,21). The fourth-order valence-corrected chi connectivity index (χ4v) is 3.09. The molecule has 1 fully saturated rings. The van der Waals surface area contributed by atoms with Gasteiger partial charge in [-0.15, -0.1) is 0 Å². The van der Waals surface area contributed by atoms with Gasteiger partial charge in [-0.3, -0.25) is 4.68 Å². The first kappa shape index (κ1) is 14.1. The second-order valence-electron chi connectivity index (χ2n) is 5.20. The van der Waals surface area contributed by atoms with Crippen LogP contribution in [0.3, 0.4) is 0 Å². The van der Waals surface area contributed by atoms with Crippen molar-refractivity contribution in [1.29, 1.82) is 0 Å². The highest BCUT2D eigenvalue weighted by atomic mass is 79.9. The third-order valence-electron chi connectivity index (χ3n) is 3.59. The van der Waals surface area contributed by atoms with E-state index in [1.54, 1.807) is 4.68 Å². The van der Waals surface area contributed by atoms with Crippen LogP contribution >= 0.6 is 15.9 Å². The molecule has 0 bridgehead atoms. The van der Waals surface area contributed by atoms with E-state index >= 15 is 0 Å². The van der Waals surface area contributed by atoms with Gasteiger partial charge in [0, 0.05) is 37.6 Å². The van der Waals surface area contributed by atoms with Crippen LogP contribution in [-0.2, 0) is 7.05 Å². The van der Waals surface area contributed by atoms with E-state index in [4.69, 9.17) is 0 Å². The molecule has 1 aliphatic heterocycles. The van der Waals surface area contributed by atoms with Gasteiger partial charge in [0.15, 0.2) is 0 Å². The normalized spacial score (nSPS) is 14.5. The lowest BCUT2D eigenvalue weighted by Crippen LogP contribution is -2.32. The molecule has 2 heterocycles. The number of aryl methyl sites for hydroxylation is 1. The van der Waals surface area contributed by atoms with Crippen molar-refractivity contribution in [2.45, 2.75) is 12.8 Å². The Bertz CT molecular complexity index is 644. The molecule has 0 spiro atoms. The van der Waals surface area contributed by atoms with Gasteiger partial charge in [-0.2, -0.15) is 5.10 Å². The average Bonchev–Trinajstić information content (AvgIpc) is 3.09. The van der Waals surface area contributed by atoms with Crippen molar-refractivity contribution < 1.29 is 4.79 Å². The number of rotatable bonds is 2. The molecule has 1 aliphatic rings. The average molecular weight is 349 g/mol. The summed E-state index contributed by atoms with van der Waals surface area (Å²) in [4.78, 5) is 13.9. The van der Waals surface area contributed by atoms with Gasteiger partial charge in [-0.1, -0.05) is 12.1 Å². The number of benzene rings is 1. The van der Waals surface area contributed by atoms with Crippen molar-refractivity contribution in [3.63, 3.8) is 0 Å². The predicted octanol–water partition coefficient (Wildman–Crippen LogP) is 3.48. The highest BCUT2D eigenvalue weighted by Gasteiger charge is 2.17. The van der Waals surface area contributed by atoms with E-state index in [9.17, 15) is 4.79 Å². The summed E-state index contributed by atoms with van der Waals surface area (Å²) in [6.45, 7) is 1.70. The molecule has 0 atom stereocenters. The van der Waals surface area contributed by atoms with Crippen molar-refractivity contribution in [3.8, 4) is 11.3 Å². The monoisotopic (exact) mass is 348 g/mol. The van der Waals surface area contributed by atoms with Gasteiger partial charge in [0.2, 0.25) is 0 Å². The number of hydrogen-bond donors (Lipinski definition) is 1. The Morgan fingerprint density at radius 2 is 1.90 bits per heavy atom. The summed E-state index contributed by atoms with van der Waals surface area (Å²) >= 11 is 3.50. The van der Waals surface area contributed by atoms with Crippen LogP contribution in [0.2, 0.25) is 0 Å². The Morgan fingerprint density at radius 3 is 2.48 bits per heavy atom. The first-order valence-corrected chi connectivity index (χ1v) is 7.78. The van der Waals surface area contributed by atoms with Crippen molar-refractivity contribution >= 4 is 27.6 Å². The number of carbonyl (C=O) groups excluding carboxylic acids is 1. The number of anilines is 1. The number of hydrogen-bond acceptors (Lipinski definition) is 2. The van der Waals surface area contributed by atoms with Gasteiger partial charge >= 0.3 is 6.03 Å². The maximum absolute atomic E-state index is 12.0. The highest BCUT2D eigenvalue weighted by Crippen LogP contribution is 2.27. The molecule has 0 saturated carbocycles. The highest BCUT2D eigenvalue weighted by molar-refractivity contribution is 9.10. The molecule has 1 aromatic heterocycles. The second kappa shape index (κ2) is 5.89. The lowest BCUT2D eigenvalue weighted by atomic mass is 10.1. The van der Waals surface area contributed by atoms with E-state index in [-0.39, 0.29) is 6.03 Å². The molecule has 6 heteroatoms. The molecule has 1 aromatic carbocycles. The zero-order valence-corrected chi connectivity index (χ0v) is 13.4. The Hall–Kier alpha value is -1.82. The largest absolute Gasteiger partial charge is 0.325 e. The summed E-state index contributed by atoms with van der Waals surface area (Å²) in [6.07, 6.45) is 4.11. The molecule has 110 valence electrons. The zero-order valence-electron chi connectivity index (χ0n) is 11.8. The first-order valence-electron chi connectivity index (χ1n) is 6.99. The molecule has 1 N–H and O–H groups in total. The second-order valence-corrected chi connectivity index (χ2v) is 6.06. The number of amides is 2. The Balaban J connectivity index is 1.72. The van der Waals surface area contributed by atoms with Crippen LogP contribution in [0.25, 0.3) is 11.3 Å². The Kier molecular flexibility index (Phi) is 3.96. The molecule has 2 aromatic rings. The molecule has 0 unspecified atom stereocenters. The Labute approximate surface area is 132 Å². The van der Waals surface area contributed by atoms with Gasteiger partial charge in [-0.05, 0) is 40.9 Å². The van der Waals surface area contributed by atoms with Gasteiger partial charge in [0.1, 0.15) is 5.69 Å². The van der Waals surface area contributed by atoms with Gasteiger partial charge in [-0.25, -0.2) is 4.79 Å². The van der Waals surface area contributed by atoms with E-state index in [0.717, 1.165) is 47.3 Å². The third kappa shape index (κ3) is 3.10. The lowest BCUT2D eigenvalue weighted by Gasteiger charge is -2.16. The SMILES string of the molecule is Cn1cc(Br)c(-c2ccc(NC(=O)N3CCCC3)cc2)n1. The van der Waals surface area contributed by atoms with Gasteiger partial charge in [0.25, 0.3) is 0 Å². The van der Waals surface area contributed by atoms with Crippen LogP contribution in [-0.4, -0.2) is 33.8 Å². The van der Waals surface area contributed by atoms with E-state index in [1.165, 1.54) is 0 Å². The number of halogens is 1. The van der Waals surface area contributed by atoms with Crippen LogP contribution < -0.4 is 5.32 Å². The van der Waals surface area contributed by atoms with E-state index in [2.05, 4.69) is 26.3 Å². The van der Waals surface area contributed by atoms with Crippen molar-refractivity contribution in [2.24, 2.45) is 7.05 Å². The molecule has 1 saturated heterocycles. The van der Waals surface area contributed by atoms with Crippen LogP contribution in [0, 0.1) is 0 Å². The number of nitrogens with one attached hydrogen (secondary N) is 1. The van der Waals surface area contributed by atoms with Crippen molar-refractivity contribution in [2.75, 3.05) is 18.4 Å².